The molecule has 6 heteroatoms. The van der Waals surface area contributed by atoms with E-state index >= 15 is 0 Å². The summed E-state index contributed by atoms with van der Waals surface area (Å²) in [5.41, 5.74) is 0.159. The zero-order valence-corrected chi connectivity index (χ0v) is 11.4. The van der Waals surface area contributed by atoms with Gasteiger partial charge in [-0.3, -0.25) is 9.69 Å². The lowest BCUT2D eigenvalue weighted by Gasteiger charge is -2.20. The van der Waals surface area contributed by atoms with Gasteiger partial charge in [0.2, 0.25) is 5.76 Å². The van der Waals surface area contributed by atoms with Gasteiger partial charge in [0.25, 0.3) is 5.91 Å². The molecule has 1 N–H and O–H groups in total. The van der Waals surface area contributed by atoms with Crippen LogP contribution in [0.1, 0.15) is 37.0 Å². The minimum atomic E-state index is -0.285. The smallest absolute Gasteiger partial charge is 0.273 e. The molecule has 1 fully saturated rings. The molecule has 1 saturated heterocycles. The number of amides is 1. The molecule has 2 heterocycles. The van der Waals surface area contributed by atoms with E-state index in [1.54, 1.807) is 0 Å². The van der Waals surface area contributed by atoms with Crippen molar-refractivity contribution in [3.63, 3.8) is 0 Å². The zero-order valence-electron chi connectivity index (χ0n) is 11.4. The van der Waals surface area contributed by atoms with Gasteiger partial charge in [-0.25, -0.2) is 0 Å². The second-order valence-electron chi connectivity index (χ2n) is 5.29. The lowest BCUT2D eigenvalue weighted by molar-refractivity contribution is 0.0921. The number of likely N-dealkylation sites (tertiary alicyclic amines) is 1. The summed E-state index contributed by atoms with van der Waals surface area (Å²) in [6, 6.07) is 3.75. The van der Waals surface area contributed by atoms with Gasteiger partial charge in [0.1, 0.15) is 6.07 Å². The Balaban J connectivity index is 1.98. The van der Waals surface area contributed by atoms with Gasteiger partial charge in [-0.05, 0) is 19.8 Å². The monoisotopic (exact) mass is 262 g/mol. The molecule has 1 aliphatic heterocycles. The summed E-state index contributed by atoms with van der Waals surface area (Å²) in [5, 5.41) is 15.2. The van der Waals surface area contributed by atoms with Gasteiger partial charge in [0, 0.05) is 31.2 Å². The number of nitrogens with one attached hydrogen (secondary N) is 1. The number of nitriles is 1. The molecular weight excluding hydrogens is 244 g/mol. The summed E-state index contributed by atoms with van der Waals surface area (Å²) in [7, 11) is 0. The molecule has 1 unspecified atom stereocenters. The van der Waals surface area contributed by atoms with E-state index in [1.807, 2.05) is 6.07 Å². The molecule has 19 heavy (non-hydrogen) atoms. The molecule has 0 aromatic carbocycles. The van der Waals surface area contributed by atoms with E-state index in [4.69, 9.17) is 9.78 Å². The van der Waals surface area contributed by atoms with Crippen molar-refractivity contribution >= 4 is 5.91 Å². The number of hydrogen-bond acceptors (Lipinski definition) is 5. The first-order valence-corrected chi connectivity index (χ1v) is 6.43. The fourth-order valence-electron chi connectivity index (χ4n) is 2.29. The van der Waals surface area contributed by atoms with Crippen molar-refractivity contribution in [2.45, 2.75) is 32.9 Å². The van der Waals surface area contributed by atoms with E-state index < -0.39 is 0 Å². The third-order valence-corrected chi connectivity index (χ3v) is 3.54. The van der Waals surface area contributed by atoms with Crippen molar-refractivity contribution < 1.29 is 9.32 Å². The Kier molecular flexibility index (Phi) is 3.86. The molecule has 2 rings (SSSR count). The second-order valence-corrected chi connectivity index (χ2v) is 5.29. The Morgan fingerprint density at radius 2 is 2.37 bits per heavy atom. The van der Waals surface area contributed by atoms with Crippen molar-refractivity contribution in [3.05, 3.63) is 17.5 Å². The fourth-order valence-corrected chi connectivity index (χ4v) is 2.29. The molecular formula is C13H18N4O2. The first-order valence-electron chi connectivity index (χ1n) is 6.43. The highest BCUT2D eigenvalue weighted by atomic mass is 16.5. The molecule has 1 amide bonds. The Morgan fingerprint density at radius 1 is 1.63 bits per heavy atom. The molecule has 2 atom stereocenters. The van der Waals surface area contributed by atoms with Crippen LogP contribution in [0.5, 0.6) is 0 Å². The summed E-state index contributed by atoms with van der Waals surface area (Å²) < 4.78 is 4.70. The number of carbonyl (C=O) groups excluding carboxylic acids is 1. The van der Waals surface area contributed by atoms with E-state index in [0.29, 0.717) is 12.0 Å². The highest BCUT2D eigenvalue weighted by molar-refractivity contribution is 5.92. The van der Waals surface area contributed by atoms with Crippen molar-refractivity contribution in [3.8, 4) is 6.07 Å². The first kappa shape index (κ1) is 13.6. The maximum absolute atomic E-state index is 12.0. The quantitative estimate of drug-likeness (QED) is 0.879. The Labute approximate surface area is 112 Å². The van der Waals surface area contributed by atoms with Crippen LogP contribution in [0.4, 0.5) is 0 Å². The average Bonchev–Trinajstić information content (AvgIpc) is 2.97. The topological polar surface area (TPSA) is 82.2 Å². The van der Waals surface area contributed by atoms with Gasteiger partial charge in [0.05, 0.1) is 0 Å². The SMILES string of the molecule is CC1CN(C(C)C)C[C@H]1NC(=O)c1cc(C#N)on1. The van der Waals surface area contributed by atoms with Crippen LogP contribution in [-0.4, -0.2) is 41.1 Å². The van der Waals surface area contributed by atoms with Crippen molar-refractivity contribution in [1.29, 1.82) is 5.26 Å². The number of rotatable bonds is 3. The summed E-state index contributed by atoms with van der Waals surface area (Å²) >= 11 is 0. The molecule has 1 aromatic rings. The van der Waals surface area contributed by atoms with Gasteiger partial charge < -0.3 is 9.84 Å². The van der Waals surface area contributed by atoms with Crippen LogP contribution in [-0.2, 0) is 0 Å². The molecule has 102 valence electrons. The van der Waals surface area contributed by atoms with Crippen molar-refractivity contribution in [2.75, 3.05) is 13.1 Å². The third kappa shape index (κ3) is 2.93. The van der Waals surface area contributed by atoms with E-state index in [-0.39, 0.29) is 23.4 Å². The maximum atomic E-state index is 12.0. The summed E-state index contributed by atoms with van der Waals surface area (Å²) in [4.78, 5) is 14.3. The predicted molar refractivity (Wildman–Crippen MR) is 68.3 cm³/mol. The summed E-state index contributed by atoms with van der Waals surface area (Å²) in [6.45, 7) is 8.23. The molecule has 0 aliphatic carbocycles. The molecule has 0 spiro atoms. The standard InChI is InChI=1S/C13H18N4O2/c1-8(2)17-6-9(3)12(7-17)15-13(18)11-4-10(5-14)19-16-11/h4,8-9,12H,6-7H2,1-3H3,(H,15,18)/t9?,12-/m1/s1. The number of hydrogen-bond donors (Lipinski definition) is 1. The van der Waals surface area contributed by atoms with E-state index in [9.17, 15) is 4.79 Å². The third-order valence-electron chi connectivity index (χ3n) is 3.54. The molecule has 0 saturated carbocycles. The highest BCUT2D eigenvalue weighted by Gasteiger charge is 2.32. The largest absolute Gasteiger partial charge is 0.346 e. The van der Waals surface area contributed by atoms with Crippen LogP contribution in [0, 0.1) is 17.2 Å². The molecule has 0 bridgehead atoms. The van der Waals surface area contributed by atoms with E-state index in [0.717, 1.165) is 13.1 Å². The van der Waals surface area contributed by atoms with Gasteiger partial charge in [-0.2, -0.15) is 5.26 Å². The number of aromatic nitrogens is 1. The van der Waals surface area contributed by atoms with Crippen LogP contribution in [0.15, 0.2) is 10.6 Å². The molecule has 0 radical (unpaired) electrons. The predicted octanol–water partition coefficient (Wildman–Crippen LogP) is 1.00. The molecule has 1 aromatic heterocycles. The molecule has 1 aliphatic rings. The maximum Gasteiger partial charge on any atom is 0.273 e. The van der Waals surface area contributed by atoms with E-state index in [2.05, 4.69) is 36.1 Å². The first-order chi connectivity index (χ1) is 9.01. The number of carbonyl (C=O) groups is 1. The van der Waals surface area contributed by atoms with Gasteiger partial charge in [0.15, 0.2) is 5.69 Å². The van der Waals surface area contributed by atoms with Crippen LogP contribution in [0.2, 0.25) is 0 Å². The van der Waals surface area contributed by atoms with Gasteiger partial charge >= 0.3 is 0 Å². The Bertz CT molecular complexity index is 503. The number of nitrogens with zero attached hydrogens (tertiary/aromatic N) is 3. The lowest BCUT2D eigenvalue weighted by atomic mass is 10.1. The molecule has 6 nitrogen and oxygen atoms in total. The summed E-state index contributed by atoms with van der Waals surface area (Å²) in [6.07, 6.45) is 0. The minimum absolute atomic E-state index is 0.0495. The Morgan fingerprint density at radius 3 is 2.89 bits per heavy atom. The average molecular weight is 262 g/mol. The lowest BCUT2D eigenvalue weighted by Crippen LogP contribution is -2.40. The fraction of sp³-hybridized carbons (Fsp3) is 0.615. The highest BCUT2D eigenvalue weighted by Crippen LogP contribution is 2.19. The van der Waals surface area contributed by atoms with Crippen molar-refractivity contribution in [2.24, 2.45) is 5.92 Å². The second kappa shape index (κ2) is 5.41. The van der Waals surface area contributed by atoms with Crippen LogP contribution in [0.25, 0.3) is 0 Å². The van der Waals surface area contributed by atoms with Gasteiger partial charge in [-0.15, -0.1) is 0 Å². The van der Waals surface area contributed by atoms with Crippen LogP contribution < -0.4 is 5.32 Å². The van der Waals surface area contributed by atoms with Crippen LogP contribution in [0.3, 0.4) is 0 Å². The van der Waals surface area contributed by atoms with Gasteiger partial charge in [-0.1, -0.05) is 12.1 Å². The summed E-state index contributed by atoms with van der Waals surface area (Å²) in [5.74, 6) is 0.162. The normalized spacial score (nSPS) is 23.5. The minimum Gasteiger partial charge on any atom is -0.346 e. The van der Waals surface area contributed by atoms with E-state index in [1.165, 1.54) is 6.07 Å². The van der Waals surface area contributed by atoms with Crippen molar-refractivity contribution in [1.82, 2.24) is 15.4 Å². The Hall–Kier alpha value is -1.87. The van der Waals surface area contributed by atoms with Crippen LogP contribution >= 0.6 is 0 Å². The zero-order chi connectivity index (χ0) is 14.0.